The fourth-order valence-corrected chi connectivity index (χ4v) is 5.00. The van der Waals surface area contributed by atoms with Crippen LogP contribution in [0.2, 0.25) is 0 Å². The SMILES string of the molecule is C[C@H](NC(=O)OC(C)(C)C)C(=O)N1CCCC[C@H]1CCSc1ncc(B2OC(C)(C)C(C)(C)O2)cn1. The second kappa shape index (κ2) is 11.3. The molecule has 11 heteroatoms. The molecule has 2 aliphatic rings. The first kappa shape index (κ1) is 28.7. The van der Waals surface area contributed by atoms with Gasteiger partial charge in [0, 0.05) is 36.2 Å². The van der Waals surface area contributed by atoms with E-state index in [1.54, 1.807) is 51.9 Å². The fourth-order valence-electron chi connectivity index (χ4n) is 4.17. The molecule has 2 atom stereocenters. The van der Waals surface area contributed by atoms with E-state index in [9.17, 15) is 9.59 Å². The predicted molar refractivity (Wildman–Crippen MR) is 141 cm³/mol. The molecule has 0 unspecified atom stereocenters. The van der Waals surface area contributed by atoms with Crippen LogP contribution in [0, 0.1) is 0 Å². The molecular formula is C25H41BN4O5S. The summed E-state index contributed by atoms with van der Waals surface area (Å²) in [5.74, 6) is 0.719. The number of nitrogens with zero attached hydrogens (tertiary/aromatic N) is 3. The third-order valence-corrected chi connectivity index (χ3v) is 7.78. The number of likely N-dealkylation sites (tertiary alicyclic amines) is 1. The van der Waals surface area contributed by atoms with Gasteiger partial charge in [0.1, 0.15) is 11.6 Å². The van der Waals surface area contributed by atoms with Crippen molar-refractivity contribution in [3.8, 4) is 0 Å². The Hall–Kier alpha value is -1.85. The minimum Gasteiger partial charge on any atom is -0.444 e. The molecule has 0 aromatic carbocycles. The quantitative estimate of drug-likeness (QED) is 0.331. The van der Waals surface area contributed by atoms with Gasteiger partial charge in [0.2, 0.25) is 5.91 Å². The van der Waals surface area contributed by atoms with E-state index in [1.165, 1.54) is 0 Å². The molecule has 200 valence electrons. The van der Waals surface area contributed by atoms with E-state index in [-0.39, 0.29) is 11.9 Å². The normalized spacial score (nSPS) is 22.3. The maximum Gasteiger partial charge on any atom is 0.498 e. The first-order chi connectivity index (χ1) is 16.7. The van der Waals surface area contributed by atoms with Gasteiger partial charge in [-0.05, 0) is 81.1 Å². The standard InChI is InChI=1S/C25H41BN4O5S/c1-17(29-22(32)33-23(2,3)4)20(31)30-13-10-9-11-19(30)12-14-36-21-27-15-18(16-28-21)26-34-24(5,6)25(7,8)35-26/h15-17,19H,9-14H2,1-8H3,(H,29,32)/t17-,19-/m0/s1. The smallest absolute Gasteiger partial charge is 0.444 e. The van der Waals surface area contributed by atoms with Crippen LogP contribution < -0.4 is 10.8 Å². The first-order valence-corrected chi connectivity index (χ1v) is 13.8. The molecular weight excluding hydrogens is 479 g/mol. The van der Waals surface area contributed by atoms with Crippen molar-refractivity contribution < 1.29 is 23.6 Å². The highest BCUT2D eigenvalue weighted by atomic mass is 32.2. The number of ether oxygens (including phenoxy) is 1. The summed E-state index contributed by atoms with van der Waals surface area (Å²) < 4.78 is 17.4. The summed E-state index contributed by atoms with van der Waals surface area (Å²) in [6, 6.07) is -0.510. The van der Waals surface area contributed by atoms with Crippen molar-refractivity contribution in [2.75, 3.05) is 12.3 Å². The van der Waals surface area contributed by atoms with Crippen molar-refractivity contribution in [1.29, 1.82) is 0 Å². The zero-order chi connectivity index (χ0) is 26.7. The van der Waals surface area contributed by atoms with Crippen molar-refractivity contribution in [1.82, 2.24) is 20.2 Å². The summed E-state index contributed by atoms with van der Waals surface area (Å²) in [5, 5.41) is 3.36. The monoisotopic (exact) mass is 520 g/mol. The average Bonchev–Trinajstić information content (AvgIpc) is 2.99. The third-order valence-electron chi connectivity index (χ3n) is 6.87. The minimum absolute atomic E-state index is 0.0708. The number of carbonyl (C=O) groups excluding carboxylic acids is 2. The van der Waals surface area contributed by atoms with Gasteiger partial charge < -0.3 is 24.3 Å². The van der Waals surface area contributed by atoms with Gasteiger partial charge in [-0.25, -0.2) is 14.8 Å². The van der Waals surface area contributed by atoms with Crippen molar-refractivity contribution in [3.05, 3.63) is 12.4 Å². The number of piperidine rings is 1. The highest BCUT2D eigenvalue weighted by Crippen LogP contribution is 2.36. The van der Waals surface area contributed by atoms with E-state index in [4.69, 9.17) is 14.0 Å². The van der Waals surface area contributed by atoms with Gasteiger partial charge in [-0.15, -0.1) is 0 Å². The molecule has 1 aromatic rings. The summed E-state index contributed by atoms with van der Waals surface area (Å²) in [4.78, 5) is 36.1. The number of carbonyl (C=O) groups is 2. The number of alkyl carbamates (subject to hydrolysis) is 1. The lowest BCUT2D eigenvalue weighted by atomic mass is 9.81. The highest BCUT2D eigenvalue weighted by molar-refractivity contribution is 7.99. The fraction of sp³-hybridized carbons (Fsp3) is 0.760. The number of thioether (sulfide) groups is 1. The summed E-state index contributed by atoms with van der Waals surface area (Å²) in [5.41, 5.74) is -0.626. The lowest BCUT2D eigenvalue weighted by molar-refractivity contribution is -0.136. The topological polar surface area (TPSA) is 103 Å². The van der Waals surface area contributed by atoms with Gasteiger partial charge in [-0.2, -0.15) is 0 Å². The number of rotatable bonds is 7. The van der Waals surface area contributed by atoms with Gasteiger partial charge in [0.05, 0.1) is 11.2 Å². The largest absolute Gasteiger partial charge is 0.498 e. The van der Waals surface area contributed by atoms with Crippen molar-refractivity contribution in [2.45, 2.75) is 115 Å². The molecule has 3 heterocycles. The van der Waals surface area contributed by atoms with Crippen molar-refractivity contribution in [3.63, 3.8) is 0 Å². The first-order valence-electron chi connectivity index (χ1n) is 12.8. The number of amides is 2. The number of hydrogen-bond donors (Lipinski definition) is 1. The molecule has 0 saturated carbocycles. The van der Waals surface area contributed by atoms with Crippen LogP contribution in [0.15, 0.2) is 17.6 Å². The third kappa shape index (κ3) is 7.35. The lowest BCUT2D eigenvalue weighted by Gasteiger charge is -2.37. The molecule has 0 radical (unpaired) electrons. The van der Waals surface area contributed by atoms with E-state index >= 15 is 0 Å². The van der Waals surface area contributed by atoms with Crippen LogP contribution >= 0.6 is 11.8 Å². The van der Waals surface area contributed by atoms with Gasteiger partial charge in [0.15, 0.2) is 5.16 Å². The van der Waals surface area contributed by atoms with Crippen LogP contribution in [0.1, 0.15) is 81.1 Å². The molecule has 1 aromatic heterocycles. The van der Waals surface area contributed by atoms with E-state index in [0.29, 0.717) is 11.7 Å². The molecule has 3 rings (SSSR count). The highest BCUT2D eigenvalue weighted by Gasteiger charge is 2.52. The second-order valence-electron chi connectivity index (χ2n) is 11.6. The van der Waals surface area contributed by atoms with Gasteiger partial charge in [0.25, 0.3) is 0 Å². The van der Waals surface area contributed by atoms with E-state index < -0.39 is 36.1 Å². The summed E-state index contributed by atoms with van der Waals surface area (Å²) in [7, 11) is -0.480. The Balaban J connectivity index is 1.50. The summed E-state index contributed by atoms with van der Waals surface area (Å²) >= 11 is 1.57. The lowest BCUT2D eigenvalue weighted by Crippen LogP contribution is -2.53. The Morgan fingerprint density at radius 3 is 2.39 bits per heavy atom. The van der Waals surface area contributed by atoms with Gasteiger partial charge in [-0.1, -0.05) is 11.8 Å². The van der Waals surface area contributed by atoms with Crippen LogP contribution in [-0.2, 0) is 18.8 Å². The number of nitrogens with one attached hydrogen (secondary N) is 1. The summed E-state index contributed by atoms with van der Waals surface area (Å²) in [6.45, 7) is 15.9. The minimum atomic E-state index is -0.640. The molecule has 2 fully saturated rings. The second-order valence-corrected chi connectivity index (χ2v) is 12.6. The Bertz CT molecular complexity index is 906. The van der Waals surface area contributed by atoms with E-state index in [2.05, 4.69) is 15.3 Å². The van der Waals surface area contributed by atoms with Crippen LogP contribution in [0.3, 0.4) is 0 Å². The summed E-state index contributed by atoms with van der Waals surface area (Å²) in [6.07, 6.45) is 6.79. The maximum absolute atomic E-state index is 13.1. The van der Waals surface area contributed by atoms with Crippen molar-refractivity contribution >= 4 is 36.3 Å². The average molecular weight is 521 g/mol. The molecule has 0 bridgehead atoms. The van der Waals surface area contributed by atoms with Crippen LogP contribution in [0.4, 0.5) is 4.79 Å². The van der Waals surface area contributed by atoms with Crippen LogP contribution in [0.5, 0.6) is 0 Å². The molecule has 2 amide bonds. The van der Waals surface area contributed by atoms with E-state index in [1.807, 2.05) is 32.6 Å². The Kier molecular flexibility index (Phi) is 8.99. The zero-order valence-corrected chi connectivity index (χ0v) is 23.7. The zero-order valence-electron chi connectivity index (χ0n) is 22.9. The molecule has 1 N–H and O–H groups in total. The molecule has 0 spiro atoms. The Morgan fingerprint density at radius 1 is 1.19 bits per heavy atom. The molecule has 2 aliphatic heterocycles. The number of hydrogen-bond acceptors (Lipinski definition) is 8. The maximum atomic E-state index is 13.1. The molecule has 36 heavy (non-hydrogen) atoms. The van der Waals surface area contributed by atoms with E-state index in [0.717, 1.165) is 36.9 Å². The van der Waals surface area contributed by atoms with Gasteiger partial charge in [-0.3, -0.25) is 4.79 Å². The van der Waals surface area contributed by atoms with Crippen LogP contribution in [-0.4, -0.2) is 75.2 Å². The number of aromatic nitrogens is 2. The van der Waals surface area contributed by atoms with Crippen LogP contribution in [0.25, 0.3) is 0 Å². The van der Waals surface area contributed by atoms with Gasteiger partial charge >= 0.3 is 13.2 Å². The molecule has 9 nitrogen and oxygen atoms in total. The Morgan fingerprint density at radius 2 is 1.81 bits per heavy atom. The Labute approximate surface area is 220 Å². The molecule has 0 aliphatic carbocycles. The molecule has 2 saturated heterocycles. The van der Waals surface area contributed by atoms with Crippen molar-refractivity contribution in [2.24, 2.45) is 0 Å². The predicted octanol–water partition coefficient (Wildman–Crippen LogP) is 3.55.